The van der Waals surface area contributed by atoms with Crippen LogP contribution in [0.5, 0.6) is 0 Å². The summed E-state index contributed by atoms with van der Waals surface area (Å²) < 4.78 is 15.2. The summed E-state index contributed by atoms with van der Waals surface area (Å²) in [6.45, 7) is 0. The molecule has 2 aromatic rings. The van der Waals surface area contributed by atoms with Crippen molar-refractivity contribution in [3.05, 3.63) is 57.0 Å². The number of ether oxygens (including phenoxy) is 1. The number of rotatable bonds is 6. The van der Waals surface area contributed by atoms with Gasteiger partial charge in [0.2, 0.25) is 9.23 Å². The highest BCUT2D eigenvalue weighted by Gasteiger charge is 2.12. The minimum absolute atomic E-state index is 0.0852. The molecule has 0 radical (unpaired) electrons. The lowest BCUT2D eigenvalue weighted by Crippen LogP contribution is -2.16. The molecule has 2 unspecified atom stereocenters. The number of halogens is 4. The monoisotopic (exact) mass is 620 g/mol. The number of nitrogens with two attached hydrogens (primary N) is 2. The van der Waals surface area contributed by atoms with Crippen molar-refractivity contribution in [1.29, 1.82) is 0 Å². The van der Waals surface area contributed by atoms with Gasteiger partial charge in [0.25, 0.3) is 0 Å². The first kappa shape index (κ1) is 29.9. The van der Waals surface area contributed by atoms with Crippen LogP contribution in [0.1, 0.15) is 36.1 Å². The van der Waals surface area contributed by atoms with E-state index < -0.39 is 21.2 Å². The number of methoxy groups -OCH3 is 1. The zero-order valence-corrected chi connectivity index (χ0v) is 21.6. The van der Waals surface area contributed by atoms with Crippen molar-refractivity contribution >= 4 is 74.4 Å². The number of nitrogens with zero attached hydrogens (tertiary/aromatic N) is 2. The van der Waals surface area contributed by atoms with E-state index in [0.29, 0.717) is 0 Å². The van der Waals surface area contributed by atoms with Gasteiger partial charge in [0.15, 0.2) is 0 Å². The molecule has 2 atom stereocenters. The second kappa shape index (κ2) is 16.5. The van der Waals surface area contributed by atoms with Gasteiger partial charge in [-0.2, -0.15) is 0 Å². The number of carbonyl (C=O) groups is 2. The van der Waals surface area contributed by atoms with Crippen molar-refractivity contribution < 1.29 is 23.6 Å². The lowest BCUT2D eigenvalue weighted by molar-refractivity contribution is -0.141. The van der Waals surface area contributed by atoms with Gasteiger partial charge in [-0.05, 0) is 55.1 Å². The fourth-order valence-corrected chi connectivity index (χ4v) is 2.71. The Morgan fingerprint density at radius 3 is 1.74 bits per heavy atom. The van der Waals surface area contributed by atoms with Gasteiger partial charge in [0.05, 0.1) is 20.0 Å². The maximum atomic E-state index is 10.9. The summed E-state index contributed by atoms with van der Waals surface area (Å²) in [5.74, 6) is -1.23. The van der Waals surface area contributed by atoms with Crippen LogP contribution in [0.2, 0.25) is 0 Å². The second-order valence-corrected chi connectivity index (χ2v) is 10.0. The van der Waals surface area contributed by atoms with Crippen molar-refractivity contribution in [3.8, 4) is 0 Å². The molecule has 0 saturated carbocycles. The van der Waals surface area contributed by atoms with Gasteiger partial charge in [-0.1, -0.05) is 0 Å². The number of esters is 1. The molecule has 0 amide bonds. The lowest BCUT2D eigenvalue weighted by atomic mass is 10.1. The predicted molar refractivity (Wildman–Crippen MR) is 126 cm³/mol. The minimum Gasteiger partial charge on any atom is -0.481 e. The van der Waals surface area contributed by atoms with Crippen molar-refractivity contribution in [2.24, 2.45) is 11.5 Å². The minimum atomic E-state index is -1.67. The molecule has 9 nitrogen and oxygen atoms in total. The Labute approximate surface area is 207 Å². The maximum Gasteiger partial charge on any atom is 0.307 e. The number of aliphatic carboxylic acids is 1. The van der Waals surface area contributed by atoms with E-state index in [9.17, 15) is 9.59 Å². The Morgan fingerprint density at radius 2 is 1.42 bits per heavy atom. The third-order valence-electron chi connectivity index (χ3n) is 3.32. The molecule has 0 aliphatic rings. The number of carboxylic acids is 1. The molecule has 0 aliphatic heterocycles. The molecule has 31 heavy (non-hydrogen) atoms. The molecule has 5 N–H and O–H groups in total. The van der Waals surface area contributed by atoms with Crippen LogP contribution in [0.4, 0.5) is 0 Å². The first-order chi connectivity index (χ1) is 14.5. The van der Waals surface area contributed by atoms with Crippen LogP contribution in [-0.2, 0) is 23.6 Å². The Kier molecular flexibility index (Phi) is 15.9. The summed E-state index contributed by atoms with van der Waals surface area (Å²) in [6.07, 6.45) is 6.56. The molecule has 172 valence electrons. The van der Waals surface area contributed by atoms with Gasteiger partial charge < -0.3 is 21.3 Å². The van der Waals surface area contributed by atoms with Crippen LogP contribution < -0.4 is 11.5 Å². The Bertz CT molecular complexity index is 878. The van der Waals surface area contributed by atoms with E-state index in [1.54, 1.807) is 30.9 Å². The first-order valence-corrected chi connectivity index (χ1v) is 12.6. The molecule has 0 bridgehead atoms. The molecule has 2 rings (SSSR count). The average Bonchev–Trinajstić information content (AvgIpc) is 2.67. The summed E-state index contributed by atoms with van der Waals surface area (Å²) in [6, 6.07) is 2.73. The maximum absolute atomic E-state index is 10.9. The van der Waals surface area contributed by atoms with Gasteiger partial charge in [-0.15, -0.1) is 0 Å². The van der Waals surface area contributed by atoms with Crippen LogP contribution in [-0.4, -0.2) is 38.3 Å². The molecule has 2 heterocycles. The van der Waals surface area contributed by atoms with Crippen LogP contribution >= 0.6 is 53.2 Å². The van der Waals surface area contributed by atoms with Crippen LogP contribution in [0.15, 0.2) is 45.9 Å². The Balaban J connectivity index is 0.000000497. The standard InChI is InChI=1S/C9H11BrN2O2.C8H9BrN2O2.Cl2OS/c1-14-9(13)3-8(11)6-2-7(10)5-12-4-6;9-6-1-5(3-11-4-6)7(10)2-8(12)13;1-4(2)3/h2,4-5,8H,3,11H2,1H3;1,3-4,7H,2,10H2,(H,12,13);. The summed E-state index contributed by atoms with van der Waals surface area (Å²) in [4.78, 5) is 29.2. The predicted octanol–water partition coefficient (Wildman–Crippen LogP) is 3.77. The van der Waals surface area contributed by atoms with E-state index in [-0.39, 0.29) is 24.9 Å². The first-order valence-electron chi connectivity index (χ1n) is 8.21. The van der Waals surface area contributed by atoms with Gasteiger partial charge >= 0.3 is 11.9 Å². The van der Waals surface area contributed by atoms with Crippen LogP contribution in [0.25, 0.3) is 0 Å². The van der Waals surface area contributed by atoms with Crippen molar-refractivity contribution in [2.45, 2.75) is 24.9 Å². The van der Waals surface area contributed by atoms with E-state index in [2.05, 4.69) is 67.9 Å². The smallest absolute Gasteiger partial charge is 0.307 e. The SMILES string of the molecule is COC(=O)CC(N)c1cncc(Br)c1.NC(CC(=O)O)c1cncc(Br)c1.O=S(Cl)Cl. The van der Waals surface area contributed by atoms with Gasteiger partial charge in [-0.25, -0.2) is 4.21 Å². The van der Waals surface area contributed by atoms with E-state index >= 15 is 0 Å². The molecule has 0 saturated heterocycles. The number of hydrogen-bond acceptors (Lipinski definition) is 8. The average molecular weight is 623 g/mol. The Morgan fingerprint density at radius 1 is 1.03 bits per heavy atom. The highest BCUT2D eigenvalue weighted by molar-refractivity contribution is 9.10. The number of hydrogen-bond donors (Lipinski definition) is 3. The largest absolute Gasteiger partial charge is 0.481 e. The summed E-state index contributed by atoms with van der Waals surface area (Å²) in [7, 11) is 8.70. The molecular formula is C17H20Br2Cl2N4O5S. The van der Waals surface area contributed by atoms with E-state index in [1.165, 1.54) is 7.11 Å². The van der Waals surface area contributed by atoms with E-state index in [4.69, 9.17) is 20.8 Å². The quantitative estimate of drug-likeness (QED) is 0.322. The molecular weight excluding hydrogens is 603 g/mol. The van der Waals surface area contributed by atoms with Gasteiger partial charge in [-0.3, -0.25) is 19.6 Å². The molecule has 0 aliphatic carbocycles. The van der Waals surface area contributed by atoms with Gasteiger partial charge in [0, 0.05) is 67.2 Å². The Hall–Kier alpha value is -1.15. The van der Waals surface area contributed by atoms with Gasteiger partial charge in [0.1, 0.15) is 0 Å². The van der Waals surface area contributed by atoms with Crippen LogP contribution in [0.3, 0.4) is 0 Å². The fourth-order valence-electron chi connectivity index (χ4n) is 1.95. The highest BCUT2D eigenvalue weighted by Crippen LogP contribution is 2.18. The van der Waals surface area contributed by atoms with Crippen molar-refractivity contribution in [1.82, 2.24) is 9.97 Å². The van der Waals surface area contributed by atoms with Crippen molar-refractivity contribution in [3.63, 3.8) is 0 Å². The summed E-state index contributed by atoms with van der Waals surface area (Å²) in [5.41, 5.74) is 12.9. The number of pyridine rings is 2. The zero-order valence-electron chi connectivity index (χ0n) is 16.1. The number of carboxylic acid groups (broad SMARTS) is 1. The molecule has 2 aromatic heterocycles. The third kappa shape index (κ3) is 15.3. The molecule has 0 spiro atoms. The lowest BCUT2D eigenvalue weighted by Gasteiger charge is -2.09. The summed E-state index contributed by atoms with van der Waals surface area (Å²) >= 11 is 6.51. The van der Waals surface area contributed by atoms with Crippen molar-refractivity contribution in [2.75, 3.05) is 7.11 Å². The topological polar surface area (TPSA) is 158 Å². The van der Waals surface area contributed by atoms with E-state index in [0.717, 1.165) is 20.1 Å². The zero-order chi connectivity index (χ0) is 24.0. The fraction of sp³-hybridized carbons (Fsp3) is 0.294. The highest BCUT2D eigenvalue weighted by atomic mass is 79.9. The van der Waals surface area contributed by atoms with E-state index in [1.807, 2.05) is 6.07 Å². The number of carbonyl (C=O) groups excluding carboxylic acids is 1. The summed E-state index contributed by atoms with van der Waals surface area (Å²) in [5, 5.41) is 8.50. The molecule has 0 aromatic carbocycles. The molecule has 14 heteroatoms. The molecule has 0 fully saturated rings. The number of aromatic nitrogens is 2. The normalized spacial score (nSPS) is 11.9. The second-order valence-electron chi connectivity index (χ2n) is 5.65. The third-order valence-corrected chi connectivity index (χ3v) is 4.18. The van der Waals surface area contributed by atoms with Crippen LogP contribution in [0, 0.1) is 0 Å².